The number of nitrogens with zero attached hydrogens (tertiary/aromatic N) is 1. The van der Waals surface area contributed by atoms with E-state index in [0.717, 1.165) is 29.5 Å². The Bertz CT molecular complexity index is 1300. The van der Waals surface area contributed by atoms with E-state index >= 15 is 0 Å². The number of amides is 2. The molecule has 0 aliphatic rings. The molecule has 4 rings (SSSR count). The van der Waals surface area contributed by atoms with Crippen LogP contribution in [0.2, 0.25) is 0 Å². The third-order valence-electron chi connectivity index (χ3n) is 7.61. The van der Waals surface area contributed by atoms with E-state index in [9.17, 15) is 9.59 Å². The number of aryl methyl sites for hydroxylation is 1. The molecule has 0 aliphatic carbocycles. The second-order valence-electron chi connectivity index (χ2n) is 10.5. The van der Waals surface area contributed by atoms with Crippen LogP contribution < -0.4 is 11.1 Å². The van der Waals surface area contributed by atoms with Gasteiger partial charge >= 0.3 is 0 Å². The molecule has 3 N–H and O–H groups in total. The SMILES string of the molecule is COC(CN(CCCc1ccccc1)C(=O)[C@@H](N)CC(=O)NC(c1ccccc1)(c1ccccc1)c1ccccc1)OC. The smallest absolute Gasteiger partial charge is 0.240 e. The van der Waals surface area contributed by atoms with Crippen molar-refractivity contribution >= 4 is 11.8 Å². The fourth-order valence-electron chi connectivity index (χ4n) is 5.40. The number of carbonyl (C=O) groups is 2. The van der Waals surface area contributed by atoms with Gasteiger partial charge in [-0.2, -0.15) is 0 Å². The van der Waals surface area contributed by atoms with Gasteiger partial charge in [0.25, 0.3) is 0 Å². The van der Waals surface area contributed by atoms with Crippen LogP contribution in [0.5, 0.6) is 0 Å². The number of hydrogen-bond donors (Lipinski definition) is 2. The second kappa shape index (κ2) is 15.8. The van der Waals surface area contributed by atoms with E-state index in [0.29, 0.717) is 6.54 Å². The lowest BCUT2D eigenvalue weighted by Crippen LogP contribution is -2.52. The van der Waals surface area contributed by atoms with Gasteiger partial charge in [0, 0.05) is 20.8 Å². The van der Waals surface area contributed by atoms with Gasteiger partial charge in [-0.05, 0) is 35.1 Å². The molecular weight excluding hydrogens is 538 g/mol. The Morgan fingerprint density at radius 3 is 1.63 bits per heavy atom. The van der Waals surface area contributed by atoms with E-state index in [1.807, 2.05) is 109 Å². The quantitative estimate of drug-likeness (QED) is 0.155. The monoisotopic (exact) mass is 579 g/mol. The zero-order chi connectivity index (χ0) is 30.5. The van der Waals surface area contributed by atoms with Crippen LogP contribution in [0.1, 0.15) is 35.1 Å². The molecule has 7 nitrogen and oxygen atoms in total. The Morgan fingerprint density at radius 2 is 1.19 bits per heavy atom. The molecule has 0 fully saturated rings. The summed E-state index contributed by atoms with van der Waals surface area (Å²) in [5, 5.41) is 3.29. The molecule has 0 aromatic heterocycles. The number of nitrogens with two attached hydrogens (primary N) is 1. The van der Waals surface area contributed by atoms with Gasteiger partial charge in [-0.25, -0.2) is 0 Å². The maximum Gasteiger partial charge on any atom is 0.240 e. The fourth-order valence-corrected chi connectivity index (χ4v) is 5.40. The Labute approximate surface area is 254 Å². The van der Waals surface area contributed by atoms with E-state index in [1.54, 1.807) is 4.90 Å². The lowest BCUT2D eigenvalue weighted by Gasteiger charge is -2.37. The first-order valence-electron chi connectivity index (χ1n) is 14.6. The minimum Gasteiger partial charge on any atom is -0.354 e. The normalized spacial score (nSPS) is 12.1. The standard InChI is InChI=1S/C36H41N3O4/c1-42-34(43-2)27-39(25-15-18-28-16-7-3-8-17-28)35(41)32(37)26-33(40)38-36(29-19-9-4-10-20-29,30-21-11-5-12-22-30)31-23-13-6-14-24-31/h3-14,16-17,19-24,32,34H,15,18,25-27,37H2,1-2H3,(H,38,40)/t32-/m0/s1. The van der Waals surface area contributed by atoms with Crippen LogP contribution in [0.25, 0.3) is 0 Å². The molecule has 4 aromatic rings. The highest BCUT2D eigenvalue weighted by atomic mass is 16.7. The maximum atomic E-state index is 13.8. The van der Waals surface area contributed by atoms with Gasteiger partial charge in [-0.15, -0.1) is 0 Å². The Balaban J connectivity index is 1.56. The lowest BCUT2D eigenvalue weighted by molar-refractivity contribution is -0.147. The predicted molar refractivity (Wildman–Crippen MR) is 169 cm³/mol. The topological polar surface area (TPSA) is 93.9 Å². The van der Waals surface area contributed by atoms with Crippen molar-refractivity contribution in [3.05, 3.63) is 144 Å². The Kier molecular flexibility index (Phi) is 11.6. The van der Waals surface area contributed by atoms with E-state index in [-0.39, 0.29) is 24.8 Å². The Morgan fingerprint density at radius 1 is 0.744 bits per heavy atom. The molecule has 4 aromatic carbocycles. The lowest BCUT2D eigenvalue weighted by atomic mass is 9.77. The molecule has 0 unspecified atom stereocenters. The van der Waals surface area contributed by atoms with Gasteiger partial charge < -0.3 is 25.4 Å². The summed E-state index contributed by atoms with van der Waals surface area (Å²) in [6, 6.07) is 38.6. The highest BCUT2D eigenvalue weighted by molar-refractivity contribution is 5.89. The number of ether oxygens (including phenoxy) is 2. The second-order valence-corrected chi connectivity index (χ2v) is 10.5. The zero-order valence-electron chi connectivity index (χ0n) is 24.9. The summed E-state index contributed by atoms with van der Waals surface area (Å²) in [5.74, 6) is -0.663. The third kappa shape index (κ3) is 8.17. The van der Waals surface area contributed by atoms with E-state index in [1.165, 1.54) is 19.8 Å². The minimum atomic E-state index is -1.05. The molecule has 0 bridgehead atoms. The van der Waals surface area contributed by atoms with Crippen molar-refractivity contribution in [1.29, 1.82) is 0 Å². The van der Waals surface area contributed by atoms with Gasteiger partial charge in [0.15, 0.2) is 6.29 Å². The average molecular weight is 580 g/mol. The molecule has 0 aliphatic heterocycles. The summed E-state index contributed by atoms with van der Waals surface area (Å²) < 4.78 is 10.8. The molecule has 2 amide bonds. The molecule has 224 valence electrons. The average Bonchev–Trinajstić information content (AvgIpc) is 3.06. The summed E-state index contributed by atoms with van der Waals surface area (Å²) in [5.41, 5.74) is 9.34. The van der Waals surface area contributed by atoms with E-state index in [2.05, 4.69) is 17.4 Å². The molecule has 0 spiro atoms. The van der Waals surface area contributed by atoms with Crippen molar-refractivity contribution < 1.29 is 19.1 Å². The van der Waals surface area contributed by atoms with Crippen LogP contribution in [0.4, 0.5) is 0 Å². The highest BCUT2D eigenvalue weighted by Gasteiger charge is 2.38. The fraction of sp³-hybridized carbons (Fsp3) is 0.278. The van der Waals surface area contributed by atoms with E-state index in [4.69, 9.17) is 15.2 Å². The van der Waals surface area contributed by atoms with Gasteiger partial charge in [0.2, 0.25) is 11.8 Å². The maximum absolute atomic E-state index is 13.8. The molecule has 0 radical (unpaired) electrons. The van der Waals surface area contributed by atoms with E-state index < -0.39 is 17.9 Å². The summed E-state index contributed by atoms with van der Waals surface area (Å²) >= 11 is 0. The van der Waals surface area contributed by atoms with Crippen LogP contribution in [0.15, 0.2) is 121 Å². The molecule has 7 heteroatoms. The van der Waals surface area contributed by atoms with Crippen molar-refractivity contribution in [2.75, 3.05) is 27.3 Å². The van der Waals surface area contributed by atoms with Gasteiger partial charge in [0.1, 0.15) is 5.54 Å². The molecule has 1 atom stereocenters. The minimum absolute atomic E-state index is 0.188. The van der Waals surface area contributed by atoms with Crippen molar-refractivity contribution in [3.8, 4) is 0 Å². The number of rotatable bonds is 15. The van der Waals surface area contributed by atoms with Crippen LogP contribution in [0, 0.1) is 0 Å². The number of benzene rings is 4. The van der Waals surface area contributed by atoms with Gasteiger partial charge in [-0.1, -0.05) is 121 Å². The van der Waals surface area contributed by atoms with Crippen molar-refractivity contribution in [1.82, 2.24) is 10.2 Å². The van der Waals surface area contributed by atoms with Gasteiger partial charge in [0.05, 0.1) is 19.0 Å². The van der Waals surface area contributed by atoms with Crippen molar-refractivity contribution in [3.63, 3.8) is 0 Å². The summed E-state index contributed by atoms with van der Waals surface area (Å²) in [6.45, 7) is 0.659. The van der Waals surface area contributed by atoms with Crippen LogP contribution in [-0.4, -0.2) is 56.4 Å². The van der Waals surface area contributed by atoms with Crippen LogP contribution in [0.3, 0.4) is 0 Å². The third-order valence-corrected chi connectivity index (χ3v) is 7.61. The first-order valence-corrected chi connectivity index (χ1v) is 14.6. The largest absolute Gasteiger partial charge is 0.354 e. The van der Waals surface area contributed by atoms with Crippen molar-refractivity contribution in [2.45, 2.75) is 37.1 Å². The predicted octanol–water partition coefficient (Wildman–Crippen LogP) is 4.89. The number of methoxy groups -OCH3 is 2. The molecule has 0 heterocycles. The summed E-state index contributed by atoms with van der Waals surface area (Å²) in [4.78, 5) is 29.1. The zero-order valence-corrected chi connectivity index (χ0v) is 24.9. The summed E-state index contributed by atoms with van der Waals surface area (Å²) in [6.07, 6.45) is 0.739. The van der Waals surface area contributed by atoms with Gasteiger partial charge in [-0.3, -0.25) is 9.59 Å². The first kappa shape index (κ1) is 31.6. The summed E-state index contributed by atoms with van der Waals surface area (Å²) in [7, 11) is 3.06. The number of carbonyl (C=O) groups excluding carboxylic acids is 2. The molecule has 0 saturated carbocycles. The number of hydrogen-bond acceptors (Lipinski definition) is 5. The Hall–Kier alpha value is -4.30. The van der Waals surface area contributed by atoms with Crippen LogP contribution >= 0.6 is 0 Å². The molecule has 43 heavy (non-hydrogen) atoms. The van der Waals surface area contributed by atoms with Crippen LogP contribution in [-0.2, 0) is 31.0 Å². The number of nitrogens with one attached hydrogen (secondary N) is 1. The molecular formula is C36H41N3O4. The highest BCUT2D eigenvalue weighted by Crippen LogP contribution is 2.36. The molecule has 0 saturated heterocycles. The first-order chi connectivity index (χ1) is 21.0. The van der Waals surface area contributed by atoms with Crippen molar-refractivity contribution in [2.24, 2.45) is 5.73 Å².